The highest BCUT2D eigenvalue weighted by Gasteiger charge is 2.16. The smallest absolute Gasteiger partial charge is 0.257 e. The lowest BCUT2D eigenvalue weighted by atomic mass is 10.2. The highest BCUT2D eigenvalue weighted by molar-refractivity contribution is 7.80. The van der Waals surface area contributed by atoms with Gasteiger partial charge in [0, 0.05) is 23.9 Å². The van der Waals surface area contributed by atoms with Crippen LogP contribution in [-0.2, 0) is 4.74 Å². The molecule has 8 heteroatoms. The van der Waals surface area contributed by atoms with Crippen LogP contribution < -0.4 is 24.8 Å². The zero-order chi connectivity index (χ0) is 24.3. The molecule has 182 valence electrons. The fourth-order valence-electron chi connectivity index (χ4n) is 3.53. The second-order valence-electron chi connectivity index (χ2n) is 7.92. The van der Waals surface area contributed by atoms with E-state index in [9.17, 15) is 4.79 Å². The molecule has 0 aliphatic carbocycles. The number of carbonyl (C=O) groups excluding carboxylic acids is 1. The zero-order valence-electron chi connectivity index (χ0n) is 19.3. The van der Waals surface area contributed by atoms with Crippen molar-refractivity contribution >= 4 is 28.9 Å². The molecule has 0 radical (unpaired) electrons. The van der Waals surface area contributed by atoms with Gasteiger partial charge in [-0.3, -0.25) is 10.1 Å². The molecule has 0 saturated carbocycles. The fraction of sp³-hybridized carbons (Fsp3) is 0.259. The largest absolute Gasteiger partial charge is 0.491 e. The van der Waals surface area contributed by atoms with Crippen molar-refractivity contribution in [2.24, 2.45) is 0 Å². The number of hydrogen-bond acceptors (Lipinski definition) is 6. The van der Waals surface area contributed by atoms with Gasteiger partial charge in [0.05, 0.1) is 6.10 Å². The highest BCUT2D eigenvalue weighted by atomic mass is 32.1. The molecule has 3 aromatic carbocycles. The van der Waals surface area contributed by atoms with Gasteiger partial charge in [-0.25, -0.2) is 0 Å². The maximum Gasteiger partial charge on any atom is 0.257 e. The molecule has 2 N–H and O–H groups in total. The average molecular weight is 493 g/mol. The molecule has 7 nitrogen and oxygen atoms in total. The first kappa shape index (κ1) is 24.5. The molecule has 1 amide bonds. The Hall–Kier alpha value is -3.62. The number of ether oxygens (including phenoxy) is 4. The van der Waals surface area contributed by atoms with Gasteiger partial charge < -0.3 is 24.3 Å². The molecule has 0 spiro atoms. The van der Waals surface area contributed by atoms with E-state index in [0.29, 0.717) is 36.9 Å². The monoisotopic (exact) mass is 492 g/mol. The van der Waals surface area contributed by atoms with E-state index < -0.39 is 0 Å². The molecule has 1 aliphatic heterocycles. The Morgan fingerprint density at radius 1 is 0.886 bits per heavy atom. The van der Waals surface area contributed by atoms with E-state index >= 15 is 0 Å². The van der Waals surface area contributed by atoms with E-state index in [1.54, 1.807) is 24.3 Å². The summed E-state index contributed by atoms with van der Waals surface area (Å²) in [5, 5.41) is 5.91. The van der Waals surface area contributed by atoms with Crippen LogP contribution in [-0.4, -0.2) is 43.6 Å². The van der Waals surface area contributed by atoms with Crippen molar-refractivity contribution in [1.82, 2.24) is 5.32 Å². The molecule has 1 heterocycles. The van der Waals surface area contributed by atoms with Crippen molar-refractivity contribution in [3.05, 3.63) is 84.4 Å². The maximum atomic E-state index is 12.7. The Labute approximate surface area is 210 Å². The minimum Gasteiger partial charge on any atom is -0.491 e. The lowest BCUT2D eigenvalue weighted by Gasteiger charge is -2.14. The molecular formula is C27H28N2O5S. The molecule has 1 atom stereocenters. The summed E-state index contributed by atoms with van der Waals surface area (Å²) in [4.78, 5) is 12.7. The van der Waals surface area contributed by atoms with Crippen LogP contribution in [0.2, 0.25) is 0 Å². The summed E-state index contributed by atoms with van der Waals surface area (Å²) >= 11 is 5.32. The summed E-state index contributed by atoms with van der Waals surface area (Å²) in [5.41, 5.74) is 1.15. The number of carbonyl (C=O) groups is 1. The first-order valence-corrected chi connectivity index (χ1v) is 11.9. The summed E-state index contributed by atoms with van der Waals surface area (Å²) in [6, 6.07) is 23.9. The van der Waals surface area contributed by atoms with E-state index in [2.05, 4.69) is 10.6 Å². The van der Waals surface area contributed by atoms with Crippen molar-refractivity contribution in [3.8, 4) is 17.2 Å². The lowest BCUT2D eigenvalue weighted by Crippen LogP contribution is -2.34. The average Bonchev–Trinajstić information content (AvgIpc) is 3.40. The maximum absolute atomic E-state index is 12.7. The Balaban J connectivity index is 1.23. The van der Waals surface area contributed by atoms with E-state index in [4.69, 9.17) is 31.2 Å². The fourth-order valence-corrected chi connectivity index (χ4v) is 3.74. The minimum absolute atomic E-state index is 0.142. The third-order valence-corrected chi connectivity index (χ3v) is 5.44. The second kappa shape index (κ2) is 12.7. The van der Waals surface area contributed by atoms with Crippen molar-refractivity contribution in [1.29, 1.82) is 0 Å². The summed E-state index contributed by atoms with van der Waals surface area (Å²) in [6.07, 6.45) is 2.23. The van der Waals surface area contributed by atoms with Gasteiger partial charge in [-0.1, -0.05) is 30.3 Å². The number of para-hydroxylation sites is 1. The predicted octanol–water partition coefficient (Wildman–Crippen LogP) is 4.83. The van der Waals surface area contributed by atoms with Crippen LogP contribution in [0.4, 0.5) is 5.69 Å². The Bertz CT molecular complexity index is 1120. The summed E-state index contributed by atoms with van der Waals surface area (Å²) in [7, 11) is 0. The molecule has 3 aromatic rings. The van der Waals surface area contributed by atoms with Crippen molar-refractivity contribution in [2.45, 2.75) is 18.9 Å². The van der Waals surface area contributed by atoms with Crippen LogP contribution in [0.3, 0.4) is 0 Å². The number of rotatable bonds is 10. The first-order valence-electron chi connectivity index (χ1n) is 11.5. The van der Waals surface area contributed by atoms with Gasteiger partial charge in [0.25, 0.3) is 5.91 Å². The SMILES string of the molecule is O=C(NC(=S)Nc1cccc(OCC2CCCO2)c1)c1cccc(OCCOc2ccccc2)c1. The molecule has 1 fully saturated rings. The Morgan fingerprint density at radius 2 is 1.60 bits per heavy atom. The van der Waals surface area contributed by atoms with Crippen LogP contribution in [0.1, 0.15) is 23.2 Å². The number of nitrogens with one attached hydrogen (secondary N) is 2. The molecule has 35 heavy (non-hydrogen) atoms. The number of benzene rings is 3. The van der Waals surface area contributed by atoms with Gasteiger partial charge in [-0.05, 0) is 67.5 Å². The summed E-state index contributed by atoms with van der Waals surface area (Å²) in [5.74, 6) is 1.73. The highest BCUT2D eigenvalue weighted by Crippen LogP contribution is 2.20. The Morgan fingerprint density at radius 3 is 2.37 bits per heavy atom. The van der Waals surface area contributed by atoms with Gasteiger partial charge in [-0.15, -0.1) is 0 Å². The molecular weight excluding hydrogens is 464 g/mol. The van der Waals surface area contributed by atoms with Crippen molar-refractivity contribution in [3.63, 3.8) is 0 Å². The van der Waals surface area contributed by atoms with Crippen LogP contribution >= 0.6 is 12.2 Å². The van der Waals surface area contributed by atoms with E-state index in [0.717, 1.165) is 30.9 Å². The van der Waals surface area contributed by atoms with Gasteiger partial charge >= 0.3 is 0 Å². The van der Waals surface area contributed by atoms with Crippen LogP contribution in [0.15, 0.2) is 78.9 Å². The van der Waals surface area contributed by atoms with Crippen LogP contribution in [0, 0.1) is 0 Å². The summed E-state index contributed by atoms with van der Waals surface area (Å²) < 4.78 is 22.7. The minimum atomic E-state index is -0.334. The van der Waals surface area contributed by atoms with Gasteiger partial charge in [-0.2, -0.15) is 0 Å². The van der Waals surface area contributed by atoms with E-state index in [1.807, 2.05) is 54.6 Å². The van der Waals surface area contributed by atoms with Gasteiger partial charge in [0.15, 0.2) is 5.11 Å². The number of hydrogen-bond donors (Lipinski definition) is 2. The normalized spacial score (nSPS) is 14.7. The second-order valence-corrected chi connectivity index (χ2v) is 8.33. The molecule has 0 aromatic heterocycles. The molecule has 0 bridgehead atoms. The quantitative estimate of drug-likeness (QED) is 0.310. The molecule has 4 rings (SSSR count). The molecule has 1 saturated heterocycles. The lowest BCUT2D eigenvalue weighted by molar-refractivity contribution is 0.0680. The van der Waals surface area contributed by atoms with Crippen LogP contribution in [0.25, 0.3) is 0 Å². The zero-order valence-corrected chi connectivity index (χ0v) is 20.1. The van der Waals surface area contributed by atoms with Crippen LogP contribution in [0.5, 0.6) is 17.2 Å². The molecule has 1 aliphatic rings. The molecule has 1 unspecified atom stereocenters. The number of anilines is 1. The third kappa shape index (κ3) is 7.98. The number of thiocarbonyl (C=S) groups is 1. The van der Waals surface area contributed by atoms with Gasteiger partial charge in [0.2, 0.25) is 0 Å². The van der Waals surface area contributed by atoms with Crippen molar-refractivity contribution < 1.29 is 23.7 Å². The van der Waals surface area contributed by atoms with Crippen molar-refractivity contribution in [2.75, 3.05) is 31.7 Å². The third-order valence-electron chi connectivity index (χ3n) is 5.24. The topological polar surface area (TPSA) is 78.1 Å². The Kier molecular flexibility index (Phi) is 8.91. The van der Waals surface area contributed by atoms with E-state index in [-0.39, 0.29) is 17.1 Å². The predicted molar refractivity (Wildman–Crippen MR) is 138 cm³/mol. The summed E-state index contributed by atoms with van der Waals surface area (Å²) in [6.45, 7) is 2.05. The standard InChI is InChI=1S/C27H28N2O5S/c30-26(20-7-4-11-23(17-20)33-16-15-32-22-9-2-1-3-10-22)29-27(35)28-21-8-5-12-24(18-21)34-19-25-13-6-14-31-25/h1-5,7-12,17-18,25H,6,13-16,19H2,(H2,28,29,30,35). The number of amides is 1. The van der Waals surface area contributed by atoms with E-state index in [1.165, 1.54) is 0 Å². The van der Waals surface area contributed by atoms with Gasteiger partial charge in [0.1, 0.15) is 37.1 Å². The first-order chi connectivity index (χ1) is 17.2.